The van der Waals surface area contributed by atoms with Crippen molar-refractivity contribution in [3.05, 3.63) is 28.3 Å². The summed E-state index contributed by atoms with van der Waals surface area (Å²) in [7, 11) is 0. The Labute approximate surface area is 74.5 Å². The van der Waals surface area contributed by atoms with Gasteiger partial charge >= 0.3 is 17.1 Å². The van der Waals surface area contributed by atoms with E-state index in [1.54, 1.807) is 6.92 Å². The van der Waals surface area contributed by atoms with E-state index < -0.39 is 0 Å². The molecule has 0 aliphatic rings. The molecule has 0 aliphatic heterocycles. The fourth-order valence-electron chi connectivity index (χ4n) is 0.701. The van der Waals surface area contributed by atoms with E-state index in [2.05, 4.69) is 0 Å². The van der Waals surface area contributed by atoms with Crippen LogP contribution >= 0.6 is 0 Å². The number of hydrogen-bond donors (Lipinski definition) is 1. The van der Waals surface area contributed by atoms with Crippen LogP contribution in [0.5, 0.6) is 5.75 Å². The molecule has 0 saturated carbocycles. The minimum atomic E-state index is -0.386. The fourth-order valence-corrected chi connectivity index (χ4v) is 0.701. The molecule has 1 aromatic heterocycles. The van der Waals surface area contributed by atoms with Gasteiger partial charge in [-0.3, -0.25) is 4.79 Å². The largest absolute Gasteiger partial charge is 2.00 e. The molecule has 63 valence electrons. The van der Waals surface area contributed by atoms with Gasteiger partial charge < -0.3 is 9.52 Å². The molecule has 0 aliphatic carbocycles. The van der Waals surface area contributed by atoms with Crippen molar-refractivity contribution in [1.29, 1.82) is 0 Å². The Balaban J connectivity index is 0.000001000. The van der Waals surface area contributed by atoms with Gasteiger partial charge in [0, 0.05) is 12.5 Å². The van der Waals surface area contributed by atoms with Gasteiger partial charge in [-0.1, -0.05) is 6.92 Å². The summed E-state index contributed by atoms with van der Waals surface area (Å²) in [5.74, 6) is 0.0671. The van der Waals surface area contributed by atoms with Crippen LogP contribution in [0.2, 0.25) is 0 Å². The van der Waals surface area contributed by atoms with Crippen LogP contribution in [0, 0.1) is 0 Å². The third-order valence-corrected chi connectivity index (χ3v) is 1.25. The molecule has 1 radical (unpaired) electrons. The normalized spacial score (nSPS) is 8.82. The standard InChI is InChI=1S/C7H8O3.Cu/c1-2-6-7(9)5(8)3-4-10-6;/h3-4,9H,2H2,1H3;/q;+2. The van der Waals surface area contributed by atoms with Crippen LogP contribution in [0.25, 0.3) is 0 Å². The van der Waals surface area contributed by atoms with E-state index in [0.717, 1.165) is 0 Å². The van der Waals surface area contributed by atoms with Gasteiger partial charge in [-0.2, -0.15) is 0 Å². The number of hydrogen-bond acceptors (Lipinski definition) is 3. The van der Waals surface area contributed by atoms with Crippen LogP contribution in [0.4, 0.5) is 0 Å². The van der Waals surface area contributed by atoms with Crippen LogP contribution in [-0.4, -0.2) is 5.11 Å². The van der Waals surface area contributed by atoms with Crippen molar-refractivity contribution in [2.75, 3.05) is 0 Å². The van der Waals surface area contributed by atoms with Crippen LogP contribution in [0.1, 0.15) is 12.7 Å². The molecule has 0 bridgehead atoms. The Bertz CT molecular complexity index is 279. The third kappa shape index (κ3) is 2.10. The maximum absolute atomic E-state index is 10.7. The minimum Gasteiger partial charge on any atom is -0.502 e. The molecule has 0 aromatic carbocycles. The molecule has 1 heterocycles. The van der Waals surface area contributed by atoms with E-state index >= 15 is 0 Å². The molecule has 0 unspecified atom stereocenters. The molecule has 4 heteroatoms. The molecule has 1 aromatic rings. The molecule has 0 spiro atoms. The number of rotatable bonds is 1. The van der Waals surface area contributed by atoms with E-state index in [4.69, 9.17) is 9.52 Å². The van der Waals surface area contributed by atoms with Crippen molar-refractivity contribution < 1.29 is 26.6 Å². The molecule has 0 amide bonds. The van der Waals surface area contributed by atoms with Gasteiger partial charge in [0.05, 0.1) is 6.26 Å². The Kier molecular flexibility index (Phi) is 3.93. The van der Waals surface area contributed by atoms with Gasteiger partial charge in [-0.05, 0) is 0 Å². The van der Waals surface area contributed by atoms with Gasteiger partial charge in [0.2, 0.25) is 11.2 Å². The monoisotopic (exact) mass is 203 g/mol. The molecule has 1 rings (SSSR count). The Morgan fingerprint density at radius 2 is 2.27 bits per heavy atom. The zero-order valence-electron chi connectivity index (χ0n) is 5.93. The summed E-state index contributed by atoms with van der Waals surface area (Å²) in [5.41, 5.74) is -0.386. The number of aromatic hydroxyl groups is 1. The SMILES string of the molecule is CCc1occc(=O)c1O.[Cu+2]. The second-order valence-electron chi connectivity index (χ2n) is 1.91. The minimum absolute atomic E-state index is 0. The Morgan fingerprint density at radius 1 is 1.64 bits per heavy atom. The first-order valence-corrected chi connectivity index (χ1v) is 3.05. The van der Waals surface area contributed by atoms with Crippen molar-refractivity contribution in [2.45, 2.75) is 13.3 Å². The van der Waals surface area contributed by atoms with Crippen molar-refractivity contribution in [3.8, 4) is 5.75 Å². The molecular weight excluding hydrogens is 196 g/mol. The summed E-state index contributed by atoms with van der Waals surface area (Å²) in [6.45, 7) is 1.80. The zero-order chi connectivity index (χ0) is 7.56. The second-order valence-corrected chi connectivity index (χ2v) is 1.91. The summed E-state index contributed by atoms with van der Waals surface area (Å²) in [6.07, 6.45) is 1.81. The van der Waals surface area contributed by atoms with E-state index in [0.29, 0.717) is 12.2 Å². The van der Waals surface area contributed by atoms with E-state index in [1.807, 2.05) is 0 Å². The molecular formula is C7H8CuO3+2. The summed E-state index contributed by atoms with van der Waals surface area (Å²) >= 11 is 0. The predicted octanol–water partition coefficient (Wildman–Crippen LogP) is 0.905. The Morgan fingerprint density at radius 3 is 2.73 bits per heavy atom. The first-order chi connectivity index (χ1) is 4.75. The zero-order valence-corrected chi connectivity index (χ0v) is 6.87. The molecule has 3 nitrogen and oxygen atoms in total. The van der Waals surface area contributed by atoms with Gasteiger partial charge in [0.1, 0.15) is 5.76 Å². The molecule has 1 N–H and O–H groups in total. The maximum Gasteiger partial charge on any atom is 2.00 e. The average Bonchev–Trinajstić information content (AvgIpc) is 1.95. The third-order valence-electron chi connectivity index (χ3n) is 1.25. The van der Waals surface area contributed by atoms with Crippen LogP contribution < -0.4 is 5.43 Å². The average molecular weight is 204 g/mol. The summed E-state index contributed by atoms with van der Waals surface area (Å²) in [5, 5.41) is 8.99. The van der Waals surface area contributed by atoms with Gasteiger partial charge in [-0.25, -0.2) is 0 Å². The summed E-state index contributed by atoms with van der Waals surface area (Å²) < 4.78 is 4.84. The van der Waals surface area contributed by atoms with Crippen molar-refractivity contribution >= 4 is 0 Å². The molecule has 0 saturated heterocycles. The smallest absolute Gasteiger partial charge is 0.502 e. The van der Waals surface area contributed by atoms with Crippen molar-refractivity contribution in [3.63, 3.8) is 0 Å². The van der Waals surface area contributed by atoms with E-state index in [1.165, 1.54) is 12.3 Å². The molecule has 11 heavy (non-hydrogen) atoms. The maximum atomic E-state index is 10.7. The summed E-state index contributed by atoms with van der Waals surface area (Å²) in [6, 6.07) is 1.19. The van der Waals surface area contributed by atoms with Crippen LogP contribution in [-0.2, 0) is 23.5 Å². The fraction of sp³-hybridized carbons (Fsp3) is 0.286. The number of aryl methyl sites for hydroxylation is 1. The van der Waals surface area contributed by atoms with Crippen LogP contribution in [0.3, 0.4) is 0 Å². The van der Waals surface area contributed by atoms with Crippen molar-refractivity contribution in [2.24, 2.45) is 0 Å². The second kappa shape index (κ2) is 4.21. The first-order valence-electron chi connectivity index (χ1n) is 3.05. The van der Waals surface area contributed by atoms with Crippen molar-refractivity contribution in [1.82, 2.24) is 0 Å². The molecule has 0 atom stereocenters. The topological polar surface area (TPSA) is 50.4 Å². The summed E-state index contributed by atoms with van der Waals surface area (Å²) in [4.78, 5) is 10.7. The Hall–Kier alpha value is -0.731. The predicted molar refractivity (Wildman–Crippen MR) is 36.0 cm³/mol. The van der Waals surface area contributed by atoms with E-state index in [-0.39, 0.29) is 28.2 Å². The molecule has 0 fully saturated rings. The quantitative estimate of drug-likeness (QED) is 0.691. The van der Waals surface area contributed by atoms with Gasteiger partial charge in [-0.15, -0.1) is 0 Å². The van der Waals surface area contributed by atoms with Gasteiger partial charge in [0.25, 0.3) is 0 Å². The van der Waals surface area contributed by atoms with Gasteiger partial charge in [0.15, 0.2) is 0 Å². The van der Waals surface area contributed by atoms with Crippen LogP contribution in [0.15, 0.2) is 21.5 Å². The van der Waals surface area contributed by atoms with E-state index in [9.17, 15) is 4.79 Å². The first kappa shape index (κ1) is 10.3.